The van der Waals surface area contributed by atoms with Crippen molar-refractivity contribution in [3.63, 3.8) is 0 Å². The smallest absolute Gasteiger partial charge is 0.255 e. The van der Waals surface area contributed by atoms with Crippen molar-refractivity contribution in [1.82, 2.24) is 0 Å². The lowest BCUT2D eigenvalue weighted by molar-refractivity contribution is 0.102. The van der Waals surface area contributed by atoms with E-state index >= 15 is 0 Å². The Bertz CT molecular complexity index is 837. The van der Waals surface area contributed by atoms with Crippen LogP contribution in [0.15, 0.2) is 42.5 Å². The van der Waals surface area contributed by atoms with Crippen molar-refractivity contribution >= 4 is 38.9 Å². The van der Waals surface area contributed by atoms with E-state index in [0.29, 0.717) is 22.0 Å². The minimum absolute atomic E-state index is 0.288. The molecule has 0 fully saturated rings. The van der Waals surface area contributed by atoms with E-state index in [1.54, 1.807) is 30.3 Å². The Morgan fingerprint density at radius 3 is 2.52 bits per heavy atom. The maximum atomic E-state index is 12.2. The second kappa shape index (κ2) is 6.89. The van der Waals surface area contributed by atoms with Gasteiger partial charge in [-0.1, -0.05) is 17.7 Å². The lowest BCUT2D eigenvalue weighted by Crippen LogP contribution is -2.13. The molecule has 6 nitrogen and oxygen atoms in total. The first-order valence-electron chi connectivity index (χ1n) is 6.51. The third-order valence-electron chi connectivity index (χ3n) is 2.84. The highest BCUT2D eigenvalue weighted by Gasteiger charge is 2.11. The van der Waals surface area contributed by atoms with Crippen molar-refractivity contribution in [2.75, 3.05) is 23.4 Å². The van der Waals surface area contributed by atoms with Gasteiger partial charge < -0.3 is 10.1 Å². The molecule has 2 rings (SSSR count). The van der Waals surface area contributed by atoms with E-state index in [0.717, 1.165) is 6.26 Å². The number of carbonyl (C=O) groups is 1. The van der Waals surface area contributed by atoms with Gasteiger partial charge in [0.25, 0.3) is 5.91 Å². The maximum Gasteiger partial charge on any atom is 0.255 e. The summed E-state index contributed by atoms with van der Waals surface area (Å²) < 4.78 is 30.1. The van der Waals surface area contributed by atoms with Gasteiger partial charge in [-0.25, -0.2) is 8.42 Å². The molecule has 0 aliphatic carbocycles. The number of amides is 1. The predicted octanol–water partition coefficient (Wildman–Crippen LogP) is 2.97. The van der Waals surface area contributed by atoms with Crippen molar-refractivity contribution in [1.29, 1.82) is 0 Å². The molecule has 0 aromatic heterocycles. The van der Waals surface area contributed by atoms with Gasteiger partial charge in [-0.05, 0) is 30.3 Å². The highest BCUT2D eigenvalue weighted by atomic mass is 35.5. The Balaban J connectivity index is 2.22. The molecule has 0 unspecified atom stereocenters. The summed E-state index contributed by atoms with van der Waals surface area (Å²) >= 11 is 5.86. The van der Waals surface area contributed by atoms with E-state index < -0.39 is 10.0 Å². The van der Waals surface area contributed by atoms with Crippen LogP contribution in [0.3, 0.4) is 0 Å². The Morgan fingerprint density at radius 2 is 1.91 bits per heavy atom. The molecule has 0 saturated carbocycles. The van der Waals surface area contributed by atoms with Crippen molar-refractivity contribution < 1.29 is 17.9 Å². The van der Waals surface area contributed by atoms with Crippen LogP contribution in [0, 0.1) is 0 Å². The van der Waals surface area contributed by atoms with Gasteiger partial charge in [0.15, 0.2) is 0 Å². The van der Waals surface area contributed by atoms with Crippen molar-refractivity contribution in [3.8, 4) is 5.75 Å². The van der Waals surface area contributed by atoms with Gasteiger partial charge in [0.1, 0.15) is 5.75 Å². The number of hydrogen-bond acceptors (Lipinski definition) is 4. The van der Waals surface area contributed by atoms with Crippen LogP contribution in [-0.2, 0) is 10.0 Å². The molecule has 0 atom stereocenters. The van der Waals surface area contributed by atoms with E-state index in [9.17, 15) is 13.2 Å². The average Bonchev–Trinajstić information content (AvgIpc) is 2.47. The molecular formula is C15H15ClN2O4S. The Kier molecular flexibility index (Phi) is 5.12. The summed E-state index contributed by atoms with van der Waals surface area (Å²) in [4.78, 5) is 12.2. The van der Waals surface area contributed by atoms with Crippen LogP contribution in [0.4, 0.5) is 11.4 Å². The molecule has 2 aromatic carbocycles. The van der Waals surface area contributed by atoms with Gasteiger partial charge in [0, 0.05) is 22.3 Å². The monoisotopic (exact) mass is 354 g/mol. The quantitative estimate of drug-likeness (QED) is 0.864. The van der Waals surface area contributed by atoms with Crippen LogP contribution < -0.4 is 14.8 Å². The number of rotatable bonds is 5. The number of hydrogen-bond donors (Lipinski definition) is 2. The van der Waals surface area contributed by atoms with E-state index in [2.05, 4.69) is 10.0 Å². The number of carbonyl (C=O) groups excluding carboxylic acids is 1. The molecule has 0 spiro atoms. The fraction of sp³-hybridized carbons (Fsp3) is 0.133. The third-order valence-corrected chi connectivity index (χ3v) is 3.67. The fourth-order valence-corrected chi connectivity index (χ4v) is 2.64. The summed E-state index contributed by atoms with van der Waals surface area (Å²) in [7, 11) is -2.02. The number of nitrogens with one attached hydrogen (secondary N) is 2. The van der Waals surface area contributed by atoms with Crippen LogP contribution in [0.2, 0.25) is 5.02 Å². The maximum absolute atomic E-state index is 12.2. The molecule has 0 radical (unpaired) electrons. The van der Waals surface area contributed by atoms with Gasteiger partial charge in [0.2, 0.25) is 10.0 Å². The standard InChI is InChI=1S/C15H15ClN2O4S/c1-22-14-9-12(6-7-13(14)18-23(2,20)21)17-15(19)10-4-3-5-11(16)8-10/h3-9,18H,1-2H3,(H,17,19). The van der Waals surface area contributed by atoms with Gasteiger partial charge in [0.05, 0.1) is 19.1 Å². The van der Waals surface area contributed by atoms with Crippen LogP contribution in [0.5, 0.6) is 5.75 Å². The Morgan fingerprint density at radius 1 is 1.17 bits per heavy atom. The normalized spacial score (nSPS) is 10.9. The molecular weight excluding hydrogens is 340 g/mol. The first-order chi connectivity index (χ1) is 10.8. The van der Waals surface area contributed by atoms with E-state index in [4.69, 9.17) is 16.3 Å². The summed E-state index contributed by atoms with van der Waals surface area (Å²) in [6, 6.07) is 11.1. The fourth-order valence-electron chi connectivity index (χ4n) is 1.89. The predicted molar refractivity (Wildman–Crippen MR) is 90.9 cm³/mol. The molecule has 0 heterocycles. The van der Waals surface area contributed by atoms with Crippen molar-refractivity contribution in [3.05, 3.63) is 53.1 Å². The molecule has 23 heavy (non-hydrogen) atoms. The SMILES string of the molecule is COc1cc(NC(=O)c2cccc(Cl)c2)ccc1NS(C)(=O)=O. The number of sulfonamides is 1. The molecule has 122 valence electrons. The van der Waals surface area contributed by atoms with E-state index in [1.165, 1.54) is 19.2 Å². The van der Waals surface area contributed by atoms with Gasteiger partial charge in [-0.2, -0.15) is 0 Å². The largest absolute Gasteiger partial charge is 0.494 e. The van der Waals surface area contributed by atoms with Gasteiger partial charge >= 0.3 is 0 Å². The second-order valence-electron chi connectivity index (χ2n) is 4.75. The van der Waals surface area contributed by atoms with Crippen molar-refractivity contribution in [2.24, 2.45) is 0 Å². The Hall–Kier alpha value is -2.25. The molecule has 0 bridgehead atoms. The zero-order chi connectivity index (χ0) is 17.0. The molecule has 1 amide bonds. The second-order valence-corrected chi connectivity index (χ2v) is 6.94. The first-order valence-corrected chi connectivity index (χ1v) is 8.78. The summed E-state index contributed by atoms with van der Waals surface area (Å²) in [5, 5.41) is 3.16. The number of anilines is 2. The zero-order valence-electron chi connectivity index (χ0n) is 12.5. The van der Waals surface area contributed by atoms with Crippen molar-refractivity contribution in [2.45, 2.75) is 0 Å². The van der Waals surface area contributed by atoms with Gasteiger partial charge in [-0.3, -0.25) is 9.52 Å². The topological polar surface area (TPSA) is 84.5 Å². The summed E-state index contributed by atoms with van der Waals surface area (Å²) in [5.41, 5.74) is 1.16. The number of benzene rings is 2. The molecule has 0 aliphatic rings. The van der Waals surface area contributed by atoms with E-state index in [-0.39, 0.29) is 11.6 Å². The third kappa shape index (κ3) is 4.87. The molecule has 2 aromatic rings. The number of methoxy groups -OCH3 is 1. The van der Waals surface area contributed by atoms with Crippen LogP contribution >= 0.6 is 11.6 Å². The summed E-state index contributed by atoms with van der Waals surface area (Å²) in [6.45, 7) is 0. The number of ether oxygens (including phenoxy) is 1. The minimum Gasteiger partial charge on any atom is -0.494 e. The van der Waals surface area contributed by atoms with Crippen LogP contribution in [-0.4, -0.2) is 27.7 Å². The summed E-state index contributed by atoms with van der Waals surface area (Å²) in [6.07, 6.45) is 1.04. The lowest BCUT2D eigenvalue weighted by atomic mass is 10.2. The molecule has 2 N–H and O–H groups in total. The molecule has 8 heteroatoms. The average molecular weight is 355 g/mol. The molecule has 0 aliphatic heterocycles. The van der Waals surface area contributed by atoms with Crippen LogP contribution in [0.25, 0.3) is 0 Å². The van der Waals surface area contributed by atoms with E-state index in [1.807, 2.05) is 0 Å². The zero-order valence-corrected chi connectivity index (χ0v) is 14.0. The number of halogens is 1. The minimum atomic E-state index is -3.43. The molecule has 0 saturated heterocycles. The van der Waals surface area contributed by atoms with Gasteiger partial charge in [-0.15, -0.1) is 0 Å². The highest BCUT2D eigenvalue weighted by molar-refractivity contribution is 7.92. The summed E-state index contributed by atoms with van der Waals surface area (Å²) in [5.74, 6) is -0.0438. The first kappa shape index (κ1) is 17.1. The van der Waals surface area contributed by atoms with Crippen LogP contribution in [0.1, 0.15) is 10.4 Å². The Labute approximate surface area is 139 Å². The lowest BCUT2D eigenvalue weighted by Gasteiger charge is -2.12. The highest BCUT2D eigenvalue weighted by Crippen LogP contribution is 2.29.